The lowest BCUT2D eigenvalue weighted by molar-refractivity contribution is 0.436. The Bertz CT molecular complexity index is 395. The molecule has 7 heteroatoms. The van der Waals surface area contributed by atoms with Crippen molar-refractivity contribution in [3.8, 4) is 5.75 Å². The summed E-state index contributed by atoms with van der Waals surface area (Å²) in [5.41, 5.74) is 0. The SMILES string of the molecule is O=S(=O)(F)Oc1cc(F)cc(F)c1. The van der Waals surface area contributed by atoms with Crippen molar-refractivity contribution in [2.75, 3.05) is 0 Å². The van der Waals surface area contributed by atoms with Crippen LogP contribution in [0.25, 0.3) is 0 Å². The summed E-state index contributed by atoms with van der Waals surface area (Å²) in [6.07, 6.45) is 0. The molecule has 0 amide bonds. The van der Waals surface area contributed by atoms with Gasteiger partial charge >= 0.3 is 10.5 Å². The molecule has 0 saturated carbocycles. The van der Waals surface area contributed by atoms with E-state index in [1.807, 2.05) is 0 Å². The van der Waals surface area contributed by atoms with Crippen LogP contribution in [0, 0.1) is 11.6 Å². The Morgan fingerprint density at radius 2 is 1.54 bits per heavy atom. The lowest BCUT2D eigenvalue weighted by Crippen LogP contribution is -2.01. The predicted octanol–water partition coefficient (Wildman–Crippen LogP) is 1.56. The monoisotopic (exact) mass is 212 g/mol. The third kappa shape index (κ3) is 3.32. The summed E-state index contributed by atoms with van der Waals surface area (Å²) < 4.78 is 59.9. The zero-order chi connectivity index (χ0) is 10.1. The Kier molecular flexibility index (Phi) is 2.46. The van der Waals surface area contributed by atoms with E-state index in [9.17, 15) is 21.1 Å². The van der Waals surface area contributed by atoms with E-state index in [0.717, 1.165) is 0 Å². The summed E-state index contributed by atoms with van der Waals surface area (Å²) in [6, 6.07) is 1.58. The van der Waals surface area contributed by atoms with Crippen LogP contribution < -0.4 is 4.18 Å². The van der Waals surface area contributed by atoms with E-state index in [0.29, 0.717) is 18.2 Å². The second kappa shape index (κ2) is 3.25. The van der Waals surface area contributed by atoms with Crippen molar-refractivity contribution < 1.29 is 25.3 Å². The number of halogens is 3. The summed E-state index contributed by atoms with van der Waals surface area (Å²) >= 11 is 0. The average Bonchev–Trinajstić information content (AvgIpc) is 1.78. The first-order valence-corrected chi connectivity index (χ1v) is 4.28. The molecule has 3 nitrogen and oxygen atoms in total. The Hall–Kier alpha value is -1.24. The average molecular weight is 212 g/mol. The highest BCUT2D eigenvalue weighted by Crippen LogP contribution is 2.17. The van der Waals surface area contributed by atoms with Gasteiger partial charge in [0.2, 0.25) is 0 Å². The summed E-state index contributed by atoms with van der Waals surface area (Å²) in [7, 11) is -5.24. The van der Waals surface area contributed by atoms with Gasteiger partial charge in [0.25, 0.3) is 0 Å². The van der Waals surface area contributed by atoms with Gasteiger partial charge in [0.1, 0.15) is 11.6 Å². The smallest absolute Gasteiger partial charge is 0.358 e. The van der Waals surface area contributed by atoms with Crippen LogP contribution in [0.2, 0.25) is 0 Å². The van der Waals surface area contributed by atoms with Crippen molar-refractivity contribution in [3.63, 3.8) is 0 Å². The standard InChI is InChI=1S/C6H3F3O3S/c7-4-1-5(8)3-6(2-4)12-13(9,10)11/h1-3H. The van der Waals surface area contributed by atoms with Gasteiger partial charge in [-0.25, -0.2) is 8.78 Å². The molecule has 0 aliphatic rings. The van der Waals surface area contributed by atoms with Crippen LogP contribution in [-0.4, -0.2) is 8.42 Å². The first-order chi connectivity index (χ1) is 5.87. The largest absolute Gasteiger partial charge is 0.488 e. The van der Waals surface area contributed by atoms with Gasteiger partial charge in [-0.15, -0.1) is 0 Å². The molecule has 0 aliphatic carbocycles. The van der Waals surface area contributed by atoms with E-state index in [4.69, 9.17) is 0 Å². The minimum atomic E-state index is -5.24. The molecule has 72 valence electrons. The first kappa shape index (κ1) is 9.85. The quantitative estimate of drug-likeness (QED) is 0.698. The van der Waals surface area contributed by atoms with Crippen molar-refractivity contribution in [3.05, 3.63) is 29.8 Å². The molecular formula is C6H3F3O3S. The second-order valence-electron chi connectivity index (χ2n) is 2.08. The highest BCUT2D eigenvalue weighted by atomic mass is 32.3. The molecule has 0 radical (unpaired) electrons. The first-order valence-electron chi connectivity index (χ1n) is 2.97. The normalized spacial score (nSPS) is 11.3. The molecule has 0 spiro atoms. The zero-order valence-corrected chi connectivity index (χ0v) is 6.82. The fraction of sp³-hybridized carbons (Fsp3) is 0. The van der Waals surface area contributed by atoms with Crippen LogP contribution in [0.1, 0.15) is 0 Å². The van der Waals surface area contributed by atoms with Gasteiger partial charge in [0.15, 0.2) is 5.75 Å². The molecule has 0 aliphatic heterocycles. The number of hydrogen-bond donors (Lipinski definition) is 0. The van der Waals surface area contributed by atoms with Gasteiger partial charge in [-0.1, -0.05) is 3.89 Å². The fourth-order valence-corrected chi connectivity index (χ4v) is 1.02. The van der Waals surface area contributed by atoms with E-state index in [1.165, 1.54) is 0 Å². The molecular weight excluding hydrogens is 209 g/mol. The molecule has 1 rings (SSSR count). The topological polar surface area (TPSA) is 43.4 Å². The Labute approximate surface area is 72.2 Å². The molecule has 0 saturated heterocycles. The molecule has 13 heavy (non-hydrogen) atoms. The van der Waals surface area contributed by atoms with E-state index < -0.39 is 27.9 Å². The van der Waals surface area contributed by atoms with Crippen molar-refractivity contribution in [2.24, 2.45) is 0 Å². The Balaban J connectivity index is 3.03. The van der Waals surface area contributed by atoms with Crippen molar-refractivity contribution >= 4 is 10.5 Å². The van der Waals surface area contributed by atoms with E-state index in [1.54, 1.807) is 0 Å². The lowest BCUT2D eigenvalue weighted by atomic mass is 10.3. The molecule has 0 bridgehead atoms. The van der Waals surface area contributed by atoms with Crippen LogP contribution in [0.15, 0.2) is 18.2 Å². The van der Waals surface area contributed by atoms with Gasteiger partial charge in [0.05, 0.1) is 0 Å². The highest BCUT2D eigenvalue weighted by molar-refractivity contribution is 7.81. The molecule has 1 aromatic carbocycles. The van der Waals surface area contributed by atoms with Crippen LogP contribution in [0.5, 0.6) is 5.75 Å². The van der Waals surface area contributed by atoms with Crippen LogP contribution >= 0.6 is 0 Å². The fourth-order valence-electron chi connectivity index (χ4n) is 0.692. The van der Waals surface area contributed by atoms with E-state index in [-0.39, 0.29) is 0 Å². The van der Waals surface area contributed by atoms with Crippen molar-refractivity contribution in [1.82, 2.24) is 0 Å². The maximum atomic E-state index is 12.4. The van der Waals surface area contributed by atoms with Crippen molar-refractivity contribution in [1.29, 1.82) is 0 Å². The van der Waals surface area contributed by atoms with E-state index >= 15 is 0 Å². The molecule has 0 unspecified atom stereocenters. The molecule has 0 fully saturated rings. The van der Waals surface area contributed by atoms with Gasteiger partial charge in [-0.3, -0.25) is 0 Å². The van der Waals surface area contributed by atoms with Crippen molar-refractivity contribution in [2.45, 2.75) is 0 Å². The summed E-state index contributed by atoms with van der Waals surface area (Å²) in [4.78, 5) is 0. The molecule has 1 aromatic rings. The van der Waals surface area contributed by atoms with Crippen LogP contribution in [0.3, 0.4) is 0 Å². The molecule has 0 atom stereocenters. The second-order valence-corrected chi connectivity index (χ2v) is 3.03. The zero-order valence-electron chi connectivity index (χ0n) is 6.00. The third-order valence-electron chi connectivity index (χ3n) is 1.03. The van der Waals surface area contributed by atoms with Gasteiger partial charge in [0, 0.05) is 18.2 Å². The Morgan fingerprint density at radius 3 is 1.92 bits per heavy atom. The van der Waals surface area contributed by atoms with Gasteiger partial charge < -0.3 is 4.18 Å². The summed E-state index contributed by atoms with van der Waals surface area (Å²) in [5, 5.41) is 0. The van der Waals surface area contributed by atoms with Gasteiger partial charge in [-0.2, -0.15) is 8.42 Å². The van der Waals surface area contributed by atoms with Crippen LogP contribution in [-0.2, 0) is 10.5 Å². The minimum absolute atomic E-state index is 0.498. The molecule has 0 heterocycles. The van der Waals surface area contributed by atoms with E-state index in [2.05, 4.69) is 4.18 Å². The summed E-state index contributed by atoms with van der Waals surface area (Å²) in [6.45, 7) is 0. The minimum Gasteiger partial charge on any atom is -0.358 e. The number of hydrogen-bond acceptors (Lipinski definition) is 3. The number of rotatable bonds is 2. The Morgan fingerprint density at radius 1 is 1.08 bits per heavy atom. The highest BCUT2D eigenvalue weighted by Gasteiger charge is 2.11. The lowest BCUT2D eigenvalue weighted by Gasteiger charge is -1.99. The van der Waals surface area contributed by atoms with Gasteiger partial charge in [-0.05, 0) is 0 Å². The maximum Gasteiger partial charge on any atom is 0.488 e. The molecule has 0 aromatic heterocycles. The van der Waals surface area contributed by atoms with Crippen LogP contribution in [0.4, 0.5) is 12.7 Å². The molecule has 0 N–H and O–H groups in total. The predicted molar refractivity (Wildman–Crippen MR) is 37.0 cm³/mol. The number of benzene rings is 1. The maximum absolute atomic E-state index is 12.4. The third-order valence-corrected chi connectivity index (χ3v) is 1.42. The summed E-state index contributed by atoms with van der Waals surface area (Å²) in [5.74, 6) is -2.86.